The molecule has 0 aliphatic carbocycles. The fourth-order valence-corrected chi connectivity index (χ4v) is 5.84. The van der Waals surface area contributed by atoms with Gasteiger partial charge < -0.3 is 10.6 Å². The van der Waals surface area contributed by atoms with Crippen molar-refractivity contribution in [3.63, 3.8) is 0 Å². The van der Waals surface area contributed by atoms with E-state index < -0.39 is 22.0 Å². The molecule has 1 aliphatic rings. The second-order valence-electron chi connectivity index (χ2n) is 9.56. The van der Waals surface area contributed by atoms with Gasteiger partial charge in [-0.15, -0.1) is 11.8 Å². The largest absolute Gasteiger partial charge is 0.321 e. The maximum atomic E-state index is 13.4. The van der Waals surface area contributed by atoms with Crippen LogP contribution in [0.5, 0.6) is 0 Å². The van der Waals surface area contributed by atoms with Crippen LogP contribution in [-0.4, -0.2) is 33.8 Å². The van der Waals surface area contributed by atoms with Gasteiger partial charge in [-0.2, -0.15) is 0 Å². The van der Waals surface area contributed by atoms with Crippen molar-refractivity contribution in [2.24, 2.45) is 0 Å². The fraction of sp³-hybridized carbons (Fsp3) is 0.0625. The molecule has 4 aromatic rings. The molecule has 2 N–H and O–H groups in total. The summed E-state index contributed by atoms with van der Waals surface area (Å²) in [7, 11) is 0. The number of carbonyl (C=O) groups is 4. The fourth-order valence-electron chi connectivity index (χ4n) is 4.37. The van der Waals surface area contributed by atoms with Gasteiger partial charge in [0.2, 0.25) is 11.8 Å². The zero-order valence-corrected chi connectivity index (χ0v) is 25.8. The molecule has 0 radical (unpaired) electrons. The normalized spacial score (nSPS) is 14.8. The number of thioether (sulfide) groups is 1. The average molecular weight is 719 g/mol. The van der Waals surface area contributed by atoms with Gasteiger partial charge >= 0.3 is 0 Å². The number of nitrogens with one attached hydrogen (secondary N) is 2. The quantitative estimate of drug-likeness (QED) is 0.0709. The predicted molar refractivity (Wildman–Crippen MR) is 176 cm³/mol. The highest BCUT2D eigenvalue weighted by Gasteiger charge is 2.40. The number of hydrogen-bond acceptors (Lipinski definition) is 7. The Bertz CT molecular complexity index is 1780. The standard InChI is InChI=1S/C32H23IN4O6S/c33-22-11-15-24(16-12-22)36-29(38)19-28(32(36)41)44-26-8-4-7-23(18-26)34-31(40)27(35-30(39)21-5-2-1-3-6-21)17-20-9-13-25(14-10-20)37(42)43/h1-18,28H,19H2,(H,34,40)(H,35,39)/b27-17-/t28-/m1/s1. The molecule has 1 fully saturated rings. The molecule has 12 heteroatoms. The summed E-state index contributed by atoms with van der Waals surface area (Å²) in [6.07, 6.45) is 1.46. The summed E-state index contributed by atoms with van der Waals surface area (Å²) < 4.78 is 0.987. The molecule has 0 saturated carbocycles. The number of imide groups is 1. The van der Waals surface area contributed by atoms with Crippen LogP contribution < -0.4 is 15.5 Å². The molecule has 220 valence electrons. The van der Waals surface area contributed by atoms with E-state index in [1.165, 1.54) is 47.0 Å². The highest BCUT2D eigenvalue weighted by Crippen LogP contribution is 2.35. The van der Waals surface area contributed by atoms with Crippen molar-refractivity contribution in [3.8, 4) is 0 Å². The average Bonchev–Trinajstić information content (AvgIpc) is 3.29. The Morgan fingerprint density at radius 3 is 2.32 bits per heavy atom. The minimum Gasteiger partial charge on any atom is -0.321 e. The molecule has 4 amide bonds. The second-order valence-corrected chi connectivity index (χ2v) is 12.1. The molecule has 4 aromatic carbocycles. The zero-order valence-electron chi connectivity index (χ0n) is 22.8. The van der Waals surface area contributed by atoms with Gasteiger partial charge in [-0.3, -0.25) is 29.3 Å². The predicted octanol–water partition coefficient (Wildman–Crippen LogP) is 6.03. The summed E-state index contributed by atoms with van der Waals surface area (Å²) >= 11 is 3.38. The van der Waals surface area contributed by atoms with E-state index in [-0.39, 0.29) is 29.6 Å². The lowest BCUT2D eigenvalue weighted by Gasteiger charge is -2.15. The molecule has 44 heavy (non-hydrogen) atoms. The third kappa shape index (κ3) is 7.38. The number of halogens is 1. The molecule has 1 atom stereocenters. The van der Waals surface area contributed by atoms with Gasteiger partial charge in [0.05, 0.1) is 15.9 Å². The van der Waals surface area contributed by atoms with Gasteiger partial charge in [0.1, 0.15) is 5.70 Å². The summed E-state index contributed by atoms with van der Waals surface area (Å²) in [5.74, 6) is -1.74. The molecule has 10 nitrogen and oxygen atoms in total. The Labute approximate surface area is 269 Å². The van der Waals surface area contributed by atoms with Crippen LogP contribution in [0.4, 0.5) is 17.1 Å². The highest BCUT2D eigenvalue weighted by molar-refractivity contribution is 14.1. The number of amides is 4. The number of hydrogen-bond donors (Lipinski definition) is 2. The van der Waals surface area contributed by atoms with Crippen LogP contribution in [-0.2, 0) is 14.4 Å². The van der Waals surface area contributed by atoms with E-state index in [4.69, 9.17) is 0 Å². The van der Waals surface area contributed by atoms with E-state index in [2.05, 4.69) is 33.2 Å². The Morgan fingerprint density at radius 1 is 0.932 bits per heavy atom. The van der Waals surface area contributed by atoms with E-state index in [1.54, 1.807) is 66.7 Å². The Hall–Kier alpha value is -4.82. The molecule has 0 aromatic heterocycles. The van der Waals surface area contributed by atoms with Gasteiger partial charge in [0, 0.05) is 38.3 Å². The number of non-ortho nitro benzene ring substituents is 1. The molecule has 0 bridgehead atoms. The summed E-state index contributed by atoms with van der Waals surface area (Å²) in [5, 5.41) is 15.8. The van der Waals surface area contributed by atoms with E-state index in [9.17, 15) is 29.3 Å². The first-order valence-corrected chi connectivity index (χ1v) is 15.2. The molecule has 0 spiro atoms. The van der Waals surface area contributed by atoms with Crippen molar-refractivity contribution in [1.29, 1.82) is 0 Å². The number of nitrogens with zero attached hydrogens (tertiary/aromatic N) is 2. The van der Waals surface area contributed by atoms with Crippen LogP contribution in [0, 0.1) is 13.7 Å². The van der Waals surface area contributed by atoms with Crippen LogP contribution in [0.15, 0.2) is 114 Å². The van der Waals surface area contributed by atoms with Gasteiger partial charge in [-0.1, -0.05) is 24.3 Å². The number of nitro benzene ring substituents is 1. The summed E-state index contributed by atoms with van der Waals surface area (Å²) in [5.41, 5.74) is 1.52. The van der Waals surface area contributed by atoms with E-state index in [0.717, 1.165) is 3.57 Å². The SMILES string of the molecule is O=C(Nc1cccc(S[C@@H]2CC(=O)N(c3ccc(I)cc3)C2=O)c1)/C(=C/c1ccc([N+](=O)[O-])cc1)NC(=O)c1ccccc1. The zero-order chi connectivity index (χ0) is 31.2. The molecule has 5 rings (SSSR count). The third-order valence-electron chi connectivity index (χ3n) is 6.50. The van der Waals surface area contributed by atoms with Crippen LogP contribution in [0.1, 0.15) is 22.3 Å². The molecule has 0 unspecified atom stereocenters. The number of nitro groups is 1. The minimum atomic E-state index is -0.633. The Morgan fingerprint density at radius 2 is 1.64 bits per heavy atom. The van der Waals surface area contributed by atoms with Crippen LogP contribution in [0.2, 0.25) is 0 Å². The van der Waals surface area contributed by atoms with Crippen LogP contribution >= 0.6 is 34.4 Å². The van der Waals surface area contributed by atoms with Crippen molar-refractivity contribution < 1.29 is 24.1 Å². The van der Waals surface area contributed by atoms with Crippen molar-refractivity contribution >= 4 is 81.1 Å². The summed E-state index contributed by atoms with van der Waals surface area (Å²) in [4.78, 5) is 64.5. The minimum absolute atomic E-state index is 0.0414. The van der Waals surface area contributed by atoms with Crippen LogP contribution in [0.3, 0.4) is 0 Å². The Kier molecular flexibility index (Phi) is 9.50. The van der Waals surface area contributed by atoms with Gasteiger partial charge in [-0.25, -0.2) is 4.90 Å². The van der Waals surface area contributed by atoms with Gasteiger partial charge in [-0.05, 0) is 101 Å². The van der Waals surface area contributed by atoms with Crippen molar-refractivity contribution in [1.82, 2.24) is 5.32 Å². The van der Waals surface area contributed by atoms with Crippen molar-refractivity contribution in [3.05, 3.63) is 134 Å². The van der Waals surface area contributed by atoms with E-state index in [1.807, 2.05) is 12.1 Å². The van der Waals surface area contributed by atoms with Gasteiger partial charge in [0.15, 0.2) is 0 Å². The van der Waals surface area contributed by atoms with Gasteiger partial charge in [0.25, 0.3) is 17.5 Å². The first-order valence-electron chi connectivity index (χ1n) is 13.2. The molecular weight excluding hydrogens is 695 g/mol. The smallest absolute Gasteiger partial charge is 0.272 e. The number of carbonyl (C=O) groups excluding carboxylic acids is 4. The number of rotatable bonds is 9. The van der Waals surface area contributed by atoms with Crippen molar-refractivity contribution in [2.45, 2.75) is 16.6 Å². The first-order chi connectivity index (χ1) is 21.2. The third-order valence-corrected chi connectivity index (χ3v) is 8.40. The maximum absolute atomic E-state index is 13.4. The lowest BCUT2D eigenvalue weighted by Crippen LogP contribution is -2.31. The lowest BCUT2D eigenvalue weighted by atomic mass is 10.1. The van der Waals surface area contributed by atoms with E-state index >= 15 is 0 Å². The number of anilines is 2. The van der Waals surface area contributed by atoms with Crippen LogP contribution in [0.25, 0.3) is 6.08 Å². The van der Waals surface area contributed by atoms with E-state index in [0.29, 0.717) is 27.4 Å². The number of benzene rings is 4. The van der Waals surface area contributed by atoms with Crippen molar-refractivity contribution in [2.75, 3.05) is 10.2 Å². The first kappa shape index (κ1) is 30.6. The lowest BCUT2D eigenvalue weighted by molar-refractivity contribution is -0.384. The summed E-state index contributed by atoms with van der Waals surface area (Å²) in [6, 6.07) is 27.8. The highest BCUT2D eigenvalue weighted by atomic mass is 127. The monoisotopic (exact) mass is 718 g/mol. The topological polar surface area (TPSA) is 139 Å². The second kappa shape index (κ2) is 13.7. The summed E-state index contributed by atoms with van der Waals surface area (Å²) in [6.45, 7) is 0. The molecular formula is C32H23IN4O6S. The molecule has 1 saturated heterocycles. The Balaban J connectivity index is 1.33. The molecule has 1 heterocycles. The maximum Gasteiger partial charge on any atom is 0.272 e. The molecule has 1 aliphatic heterocycles.